The lowest BCUT2D eigenvalue weighted by atomic mass is 10.0. The fraction of sp³-hybridized carbons (Fsp3) is 0.538. The number of fused-ring (bicyclic) bond motifs is 1. The summed E-state index contributed by atoms with van der Waals surface area (Å²) >= 11 is 0. The zero-order valence-corrected chi connectivity index (χ0v) is 9.95. The molecule has 0 bridgehead atoms. The second kappa shape index (κ2) is 4.94. The minimum absolute atomic E-state index is 0.0753. The van der Waals surface area contributed by atoms with E-state index in [1.165, 1.54) is 0 Å². The van der Waals surface area contributed by atoms with Crippen LogP contribution in [-0.4, -0.2) is 30.0 Å². The Bertz CT molecular complexity index is 422. The molecule has 1 saturated heterocycles. The van der Waals surface area contributed by atoms with Gasteiger partial charge in [-0.15, -0.1) is 0 Å². The summed E-state index contributed by atoms with van der Waals surface area (Å²) < 4.78 is 15.9. The molecule has 18 heavy (non-hydrogen) atoms. The predicted octanol–water partition coefficient (Wildman–Crippen LogP) is 2.16. The van der Waals surface area contributed by atoms with Gasteiger partial charge in [0.05, 0.1) is 6.10 Å². The molecule has 1 aromatic heterocycles. The van der Waals surface area contributed by atoms with Crippen LogP contribution in [0, 0.1) is 5.92 Å². The smallest absolute Gasteiger partial charge is 0.430 e. The molecule has 0 aromatic carbocycles. The highest BCUT2D eigenvalue weighted by molar-refractivity contribution is 5.63. The van der Waals surface area contributed by atoms with Gasteiger partial charge in [0.15, 0.2) is 0 Å². The van der Waals surface area contributed by atoms with Crippen LogP contribution in [0.4, 0.5) is 4.79 Å². The van der Waals surface area contributed by atoms with E-state index in [1.807, 2.05) is 0 Å². The van der Waals surface area contributed by atoms with Crippen LogP contribution in [0.5, 0.6) is 5.88 Å². The minimum Gasteiger partial charge on any atom is -0.430 e. The number of carbonyl (C=O) groups excluding carboxylic acids is 1. The van der Waals surface area contributed by atoms with Crippen molar-refractivity contribution in [2.45, 2.75) is 31.5 Å². The van der Waals surface area contributed by atoms with Crippen molar-refractivity contribution < 1.29 is 19.0 Å². The summed E-state index contributed by atoms with van der Waals surface area (Å²) in [6.45, 7) is 0.768. The number of nitrogens with zero attached hydrogens (tertiary/aromatic N) is 1. The Morgan fingerprint density at radius 2 is 2.28 bits per heavy atom. The van der Waals surface area contributed by atoms with Crippen LogP contribution < -0.4 is 4.74 Å². The third-order valence-corrected chi connectivity index (χ3v) is 3.55. The van der Waals surface area contributed by atoms with Gasteiger partial charge in [-0.25, -0.2) is 9.78 Å². The van der Waals surface area contributed by atoms with Crippen LogP contribution >= 0.6 is 0 Å². The van der Waals surface area contributed by atoms with Gasteiger partial charge in [-0.2, -0.15) is 0 Å². The van der Waals surface area contributed by atoms with E-state index in [0.29, 0.717) is 5.92 Å². The van der Waals surface area contributed by atoms with E-state index in [4.69, 9.17) is 14.2 Å². The summed E-state index contributed by atoms with van der Waals surface area (Å²) in [5.74, 6) is 0.598. The zero-order chi connectivity index (χ0) is 12.4. The van der Waals surface area contributed by atoms with Crippen molar-refractivity contribution in [1.82, 2.24) is 4.98 Å². The first kappa shape index (κ1) is 11.5. The molecule has 0 unspecified atom stereocenters. The SMILES string of the molecule is O=C(Oc1ccccn1)O[C@H]1CC[C@H]2OCC[C@@H]12. The molecule has 1 aliphatic carbocycles. The number of aromatic nitrogens is 1. The van der Waals surface area contributed by atoms with Crippen LogP contribution in [-0.2, 0) is 9.47 Å². The summed E-state index contributed by atoms with van der Waals surface area (Å²) in [7, 11) is 0. The van der Waals surface area contributed by atoms with E-state index in [9.17, 15) is 4.79 Å². The second-order valence-electron chi connectivity index (χ2n) is 4.62. The van der Waals surface area contributed by atoms with E-state index in [2.05, 4.69) is 4.98 Å². The van der Waals surface area contributed by atoms with E-state index >= 15 is 0 Å². The molecule has 0 N–H and O–H groups in total. The molecular formula is C13H15NO4. The summed E-state index contributed by atoms with van der Waals surface area (Å²) in [5, 5.41) is 0. The molecular weight excluding hydrogens is 234 g/mol. The fourth-order valence-corrected chi connectivity index (χ4v) is 2.72. The average molecular weight is 249 g/mol. The van der Waals surface area contributed by atoms with Crippen LogP contribution in [0.1, 0.15) is 19.3 Å². The summed E-state index contributed by atoms with van der Waals surface area (Å²) in [6.07, 6.45) is 3.86. The van der Waals surface area contributed by atoms with Crippen molar-refractivity contribution in [3.8, 4) is 5.88 Å². The maximum Gasteiger partial charge on any atom is 0.515 e. The number of ether oxygens (including phenoxy) is 3. The number of rotatable bonds is 2. The van der Waals surface area contributed by atoms with Gasteiger partial charge in [0.2, 0.25) is 5.88 Å². The molecule has 0 spiro atoms. The molecule has 1 saturated carbocycles. The predicted molar refractivity (Wildman–Crippen MR) is 62.2 cm³/mol. The fourth-order valence-electron chi connectivity index (χ4n) is 2.72. The van der Waals surface area contributed by atoms with Crippen molar-refractivity contribution in [2.24, 2.45) is 5.92 Å². The first-order valence-corrected chi connectivity index (χ1v) is 6.24. The highest BCUT2D eigenvalue weighted by Gasteiger charge is 2.42. The summed E-state index contributed by atoms with van der Waals surface area (Å²) in [4.78, 5) is 15.5. The van der Waals surface area contributed by atoms with Crippen LogP contribution in [0.25, 0.3) is 0 Å². The molecule has 5 heteroatoms. The molecule has 96 valence electrons. The Kier molecular flexibility index (Phi) is 3.15. The molecule has 2 aliphatic rings. The van der Waals surface area contributed by atoms with Gasteiger partial charge in [-0.3, -0.25) is 0 Å². The highest BCUT2D eigenvalue weighted by atomic mass is 16.7. The average Bonchev–Trinajstić information content (AvgIpc) is 2.95. The Labute approximate surface area is 105 Å². The monoisotopic (exact) mass is 249 g/mol. The minimum atomic E-state index is -0.675. The van der Waals surface area contributed by atoms with Crippen LogP contribution in [0.3, 0.4) is 0 Å². The van der Waals surface area contributed by atoms with Crippen molar-refractivity contribution in [2.75, 3.05) is 6.61 Å². The van der Waals surface area contributed by atoms with Gasteiger partial charge in [0.25, 0.3) is 0 Å². The lowest BCUT2D eigenvalue weighted by Crippen LogP contribution is -2.26. The zero-order valence-electron chi connectivity index (χ0n) is 9.95. The maximum atomic E-state index is 11.6. The lowest BCUT2D eigenvalue weighted by Gasteiger charge is -2.17. The molecule has 5 nitrogen and oxygen atoms in total. The van der Waals surface area contributed by atoms with Gasteiger partial charge in [-0.1, -0.05) is 6.07 Å². The quantitative estimate of drug-likeness (QED) is 0.752. The Hall–Kier alpha value is -1.62. The van der Waals surface area contributed by atoms with Crippen LogP contribution in [0.15, 0.2) is 24.4 Å². The van der Waals surface area contributed by atoms with E-state index in [1.54, 1.807) is 24.4 Å². The standard InChI is InChI=1S/C13H15NO4/c15-13(18-12-3-1-2-7-14-12)17-11-5-4-10-9(11)6-8-16-10/h1-3,7,9-11H,4-6,8H2/t9-,10-,11+/m1/s1. The van der Waals surface area contributed by atoms with Crippen molar-refractivity contribution in [1.29, 1.82) is 0 Å². The topological polar surface area (TPSA) is 57.7 Å². The summed E-state index contributed by atoms with van der Waals surface area (Å²) in [6, 6.07) is 5.14. The molecule has 3 rings (SSSR count). The number of carbonyl (C=O) groups is 1. The maximum absolute atomic E-state index is 11.6. The van der Waals surface area contributed by atoms with Crippen LogP contribution in [0.2, 0.25) is 0 Å². The Morgan fingerprint density at radius 1 is 1.33 bits per heavy atom. The van der Waals surface area contributed by atoms with E-state index in [-0.39, 0.29) is 18.1 Å². The van der Waals surface area contributed by atoms with Crippen molar-refractivity contribution in [3.63, 3.8) is 0 Å². The molecule has 3 atom stereocenters. The van der Waals surface area contributed by atoms with Crippen molar-refractivity contribution in [3.05, 3.63) is 24.4 Å². The number of hydrogen-bond donors (Lipinski definition) is 0. The molecule has 1 aromatic rings. The van der Waals surface area contributed by atoms with Gasteiger partial charge < -0.3 is 14.2 Å². The lowest BCUT2D eigenvalue weighted by molar-refractivity contribution is 0.0336. The number of hydrogen-bond acceptors (Lipinski definition) is 5. The van der Waals surface area contributed by atoms with Gasteiger partial charge in [0, 0.05) is 24.8 Å². The first-order valence-electron chi connectivity index (χ1n) is 6.24. The first-order chi connectivity index (χ1) is 8.83. The molecule has 0 radical (unpaired) electrons. The Balaban J connectivity index is 1.55. The van der Waals surface area contributed by atoms with E-state index in [0.717, 1.165) is 25.9 Å². The van der Waals surface area contributed by atoms with Crippen molar-refractivity contribution >= 4 is 6.16 Å². The second-order valence-corrected chi connectivity index (χ2v) is 4.62. The van der Waals surface area contributed by atoms with Gasteiger partial charge >= 0.3 is 6.16 Å². The number of pyridine rings is 1. The third-order valence-electron chi connectivity index (χ3n) is 3.55. The van der Waals surface area contributed by atoms with Gasteiger partial charge in [0.1, 0.15) is 6.10 Å². The largest absolute Gasteiger partial charge is 0.515 e. The molecule has 0 amide bonds. The molecule has 1 aliphatic heterocycles. The normalized spacial score (nSPS) is 29.9. The molecule has 2 heterocycles. The summed E-state index contributed by atoms with van der Waals surface area (Å²) in [5.41, 5.74) is 0. The Morgan fingerprint density at radius 3 is 3.11 bits per heavy atom. The highest BCUT2D eigenvalue weighted by Crippen LogP contribution is 2.37. The van der Waals surface area contributed by atoms with Gasteiger partial charge in [-0.05, 0) is 25.3 Å². The van der Waals surface area contributed by atoms with E-state index < -0.39 is 6.16 Å². The third kappa shape index (κ3) is 2.31. The molecule has 2 fully saturated rings.